The molecule has 1 heterocycles. The molecule has 0 spiro atoms. The highest BCUT2D eigenvalue weighted by Gasteiger charge is 2.13. The fourth-order valence-corrected chi connectivity index (χ4v) is 3.10. The number of hydrogen-bond donors (Lipinski definition) is 1. The molecule has 0 fully saturated rings. The van der Waals surface area contributed by atoms with Crippen molar-refractivity contribution in [1.29, 1.82) is 0 Å². The quantitative estimate of drug-likeness (QED) is 0.420. The Morgan fingerprint density at radius 2 is 1.72 bits per heavy atom. The molecule has 4 rings (SSSR count). The number of aromatic hydroxyl groups is 1. The molecule has 0 atom stereocenters. The summed E-state index contributed by atoms with van der Waals surface area (Å²) in [6, 6.07) is 19.5. The van der Waals surface area contributed by atoms with Crippen LogP contribution in [0, 0.1) is 10.1 Å². The molecule has 1 N–H and O–H groups in total. The summed E-state index contributed by atoms with van der Waals surface area (Å²) < 4.78 is 1.37. The third kappa shape index (κ3) is 3.49. The number of fused-ring (bicyclic) bond motifs is 1. The van der Waals surface area contributed by atoms with Gasteiger partial charge in [0.2, 0.25) is 0 Å². The average Bonchev–Trinajstić information content (AvgIpc) is 2.72. The first-order valence-electron chi connectivity index (χ1n) is 8.77. The highest BCUT2D eigenvalue weighted by atomic mass is 16.6. The number of phenolic OH excluding ortho intramolecular Hbond substituents is 1. The molecule has 142 valence electrons. The number of benzene rings is 3. The van der Waals surface area contributed by atoms with Crippen LogP contribution in [-0.2, 0) is 0 Å². The van der Waals surface area contributed by atoms with Crippen molar-refractivity contribution in [2.45, 2.75) is 0 Å². The lowest BCUT2D eigenvalue weighted by molar-refractivity contribution is -0.385. The molecule has 0 aliphatic carbocycles. The molecule has 4 aromatic rings. The molecular formula is C22H15N3O4. The lowest BCUT2D eigenvalue weighted by atomic mass is 10.1. The highest BCUT2D eigenvalue weighted by Crippen LogP contribution is 2.22. The Hall–Kier alpha value is -4.26. The Bertz CT molecular complexity index is 1330. The number of phenols is 1. The van der Waals surface area contributed by atoms with E-state index in [0.29, 0.717) is 22.2 Å². The van der Waals surface area contributed by atoms with E-state index in [9.17, 15) is 20.0 Å². The van der Waals surface area contributed by atoms with Gasteiger partial charge in [-0.2, -0.15) is 0 Å². The maximum Gasteiger partial charge on any atom is 0.276 e. The highest BCUT2D eigenvalue weighted by molar-refractivity contribution is 5.80. The minimum absolute atomic E-state index is 0.0104. The predicted octanol–water partition coefficient (Wildman–Crippen LogP) is 4.17. The van der Waals surface area contributed by atoms with Crippen LogP contribution in [0.25, 0.3) is 28.7 Å². The van der Waals surface area contributed by atoms with Crippen LogP contribution in [0.1, 0.15) is 11.4 Å². The van der Waals surface area contributed by atoms with Gasteiger partial charge in [-0.25, -0.2) is 4.98 Å². The first kappa shape index (κ1) is 18.1. The van der Waals surface area contributed by atoms with Crippen LogP contribution in [0.3, 0.4) is 0 Å². The molecule has 0 aliphatic rings. The van der Waals surface area contributed by atoms with Crippen molar-refractivity contribution in [2.75, 3.05) is 0 Å². The van der Waals surface area contributed by atoms with Crippen LogP contribution in [0.2, 0.25) is 0 Å². The number of nitrogens with zero attached hydrogens (tertiary/aromatic N) is 3. The minimum Gasteiger partial charge on any atom is -0.508 e. The van der Waals surface area contributed by atoms with E-state index in [2.05, 4.69) is 4.98 Å². The summed E-state index contributed by atoms with van der Waals surface area (Å²) >= 11 is 0. The maximum atomic E-state index is 13.1. The Morgan fingerprint density at radius 3 is 2.52 bits per heavy atom. The van der Waals surface area contributed by atoms with Gasteiger partial charge in [0.05, 0.1) is 27.1 Å². The third-order valence-corrected chi connectivity index (χ3v) is 4.43. The zero-order valence-electron chi connectivity index (χ0n) is 15.1. The summed E-state index contributed by atoms with van der Waals surface area (Å²) in [5.74, 6) is 0.300. The Morgan fingerprint density at radius 1 is 0.966 bits per heavy atom. The summed E-state index contributed by atoms with van der Waals surface area (Å²) in [4.78, 5) is 28.5. The monoisotopic (exact) mass is 385 g/mol. The maximum absolute atomic E-state index is 13.1. The van der Waals surface area contributed by atoms with E-state index in [0.717, 1.165) is 0 Å². The topological polar surface area (TPSA) is 98.3 Å². The minimum atomic E-state index is -0.462. The van der Waals surface area contributed by atoms with E-state index in [1.807, 2.05) is 0 Å². The standard InChI is InChI=1S/C22H15N3O4/c26-17-8-5-7-16(14-17)24-21(23-19-10-3-2-9-18(19)22(24)27)13-12-15-6-1-4-11-20(15)25(28)29/h1-14,26H/b13-12-. The van der Waals surface area contributed by atoms with Crippen LogP contribution in [-0.4, -0.2) is 19.6 Å². The molecule has 0 unspecified atom stereocenters. The van der Waals surface area contributed by atoms with Crippen molar-refractivity contribution < 1.29 is 10.0 Å². The summed E-state index contributed by atoms with van der Waals surface area (Å²) in [7, 11) is 0. The fourth-order valence-electron chi connectivity index (χ4n) is 3.10. The second-order valence-corrected chi connectivity index (χ2v) is 6.30. The Balaban J connectivity index is 1.95. The third-order valence-electron chi connectivity index (χ3n) is 4.43. The van der Waals surface area contributed by atoms with Crippen molar-refractivity contribution in [2.24, 2.45) is 0 Å². The van der Waals surface area contributed by atoms with Crippen molar-refractivity contribution in [1.82, 2.24) is 9.55 Å². The largest absolute Gasteiger partial charge is 0.508 e. The summed E-state index contributed by atoms with van der Waals surface area (Å²) in [6.07, 6.45) is 3.11. The van der Waals surface area contributed by atoms with Gasteiger partial charge < -0.3 is 5.11 Å². The smallest absolute Gasteiger partial charge is 0.276 e. The second-order valence-electron chi connectivity index (χ2n) is 6.30. The molecule has 0 aliphatic heterocycles. The predicted molar refractivity (Wildman–Crippen MR) is 111 cm³/mol. The fraction of sp³-hybridized carbons (Fsp3) is 0. The first-order valence-corrected chi connectivity index (χ1v) is 8.77. The second kappa shape index (κ2) is 7.40. The van der Waals surface area contributed by atoms with E-state index >= 15 is 0 Å². The molecule has 1 aromatic heterocycles. The molecule has 3 aromatic carbocycles. The van der Waals surface area contributed by atoms with Crippen LogP contribution < -0.4 is 5.56 Å². The van der Waals surface area contributed by atoms with E-state index in [1.165, 1.54) is 22.8 Å². The molecule has 0 saturated carbocycles. The lowest BCUT2D eigenvalue weighted by Gasteiger charge is -2.11. The first-order chi connectivity index (χ1) is 14.0. The number of hydrogen-bond acceptors (Lipinski definition) is 5. The van der Waals surface area contributed by atoms with Crippen LogP contribution in [0.5, 0.6) is 5.75 Å². The zero-order valence-corrected chi connectivity index (χ0v) is 15.1. The number of nitro groups is 1. The molecule has 0 bridgehead atoms. The van der Waals surface area contributed by atoms with Crippen LogP contribution in [0.4, 0.5) is 5.69 Å². The summed E-state index contributed by atoms with van der Waals surface area (Å²) in [5.41, 5.74) is 0.994. The number of nitro benzene ring substituents is 1. The normalized spacial score (nSPS) is 11.2. The van der Waals surface area contributed by atoms with Crippen molar-refractivity contribution in [3.63, 3.8) is 0 Å². The molecule has 7 nitrogen and oxygen atoms in total. The SMILES string of the molecule is O=c1c2ccccc2nc(/C=C\c2ccccc2[N+](=O)[O-])n1-c1cccc(O)c1. The zero-order chi connectivity index (χ0) is 20.4. The Labute approximate surface area is 165 Å². The molecule has 0 radical (unpaired) electrons. The molecule has 0 saturated heterocycles. The average molecular weight is 385 g/mol. The number of rotatable bonds is 4. The number of para-hydroxylation sites is 2. The van der Waals surface area contributed by atoms with Gasteiger partial charge in [0.15, 0.2) is 0 Å². The molecular weight excluding hydrogens is 370 g/mol. The van der Waals surface area contributed by atoms with Crippen molar-refractivity contribution in [3.8, 4) is 11.4 Å². The molecule has 29 heavy (non-hydrogen) atoms. The summed E-state index contributed by atoms with van der Waals surface area (Å²) in [5, 5.41) is 21.5. The van der Waals surface area contributed by atoms with Crippen LogP contribution in [0.15, 0.2) is 77.6 Å². The van der Waals surface area contributed by atoms with Gasteiger partial charge in [-0.3, -0.25) is 19.5 Å². The van der Waals surface area contributed by atoms with Gasteiger partial charge in [-0.05, 0) is 42.5 Å². The number of aromatic nitrogens is 2. The summed E-state index contributed by atoms with van der Waals surface area (Å²) in [6.45, 7) is 0. The van der Waals surface area contributed by atoms with Gasteiger partial charge in [0.1, 0.15) is 11.6 Å². The van der Waals surface area contributed by atoms with E-state index < -0.39 is 4.92 Å². The molecule has 0 amide bonds. The van der Waals surface area contributed by atoms with Gasteiger partial charge in [-0.1, -0.05) is 30.3 Å². The van der Waals surface area contributed by atoms with E-state index in [1.54, 1.807) is 66.7 Å². The Kier molecular flexibility index (Phi) is 4.62. The van der Waals surface area contributed by atoms with Crippen molar-refractivity contribution >= 4 is 28.7 Å². The van der Waals surface area contributed by atoms with Gasteiger partial charge >= 0.3 is 0 Å². The van der Waals surface area contributed by atoms with Crippen molar-refractivity contribution in [3.05, 3.63) is 105 Å². The van der Waals surface area contributed by atoms with E-state index in [-0.39, 0.29) is 22.8 Å². The van der Waals surface area contributed by atoms with Gasteiger partial charge in [0.25, 0.3) is 11.2 Å². The van der Waals surface area contributed by atoms with Gasteiger partial charge in [-0.15, -0.1) is 0 Å². The lowest BCUT2D eigenvalue weighted by Crippen LogP contribution is -2.22. The van der Waals surface area contributed by atoms with Crippen LogP contribution >= 0.6 is 0 Å². The molecule has 7 heteroatoms. The van der Waals surface area contributed by atoms with E-state index in [4.69, 9.17) is 0 Å². The van der Waals surface area contributed by atoms with Gasteiger partial charge in [0, 0.05) is 12.1 Å².